The van der Waals surface area contributed by atoms with E-state index >= 15 is 0 Å². The molecule has 1 aromatic carbocycles. The first kappa shape index (κ1) is 13.6. The van der Waals surface area contributed by atoms with E-state index < -0.39 is 0 Å². The van der Waals surface area contributed by atoms with Crippen molar-refractivity contribution in [3.05, 3.63) is 56.5 Å². The first-order chi connectivity index (χ1) is 9.06. The van der Waals surface area contributed by atoms with Gasteiger partial charge in [-0.15, -0.1) is 22.7 Å². The third kappa shape index (κ3) is 2.47. The minimum Gasteiger partial charge on any atom is -0.207 e. The van der Waals surface area contributed by atoms with Crippen LogP contribution in [0.15, 0.2) is 29.6 Å². The van der Waals surface area contributed by atoms with Crippen LogP contribution in [0.5, 0.6) is 0 Å². The number of alkyl halides is 1. The van der Waals surface area contributed by atoms with Crippen molar-refractivity contribution >= 4 is 59.6 Å². The maximum Gasteiger partial charge on any atom is 0.127 e. The lowest BCUT2D eigenvalue weighted by molar-refractivity contribution is 0.618. The molecule has 1 atom stereocenters. The van der Waals surface area contributed by atoms with Gasteiger partial charge in [-0.2, -0.15) is 0 Å². The summed E-state index contributed by atoms with van der Waals surface area (Å²) < 4.78 is 16.0. The summed E-state index contributed by atoms with van der Waals surface area (Å²) in [5, 5.41) is 2.55. The third-order valence-corrected chi connectivity index (χ3v) is 6.73. The van der Waals surface area contributed by atoms with Gasteiger partial charge >= 0.3 is 0 Å². The number of fused-ring (bicyclic) bond motifs is 1. The Bertz CT molecular complexity index is 719. The molecule has 19 heavy (non-hydrogen) atoms. The van der Waals surface area contributed by atoms with Gasteiger partial charge in [-0.3, -0.25) is 0 Å². The molecule has 0 aliphatic carbocycles. The zero-order valence-electron chi connectivity index (χ0n) is 9.91. The van der Waals surface area contributed by atoms with Crippen molar-refractivity contribution in [3.8, 4) is 0 Å². The molecule has 0 aliphatic heterocycles. The number of hydrogen-bond donors (Lipinski definition) is 0. The van der Waals surface area contributed by atoms with E-state index in [2.05, 4.69) is 33.4 Å². The van der Waals surface area contributed by atoms with Gasteiger partial charge in [0, 0.05) is 19.3 Å². The lowest BCUT2D eigenvalue weighted by Gasteiger charge is -2.11. The Balaban J connectivity index is 2.06. The largest absolute Gasteiger partial charge is 0.207 e. The Hall–Kier alpha value is -0.420. The van der Waals surface area contributed by atoms with E-state index in [1.807, 2.05) is 6.07 Å². The highest BCUT2D eigenvalue weighted by atomic mass is 79.9. The van der Waals surface area contributed by atoms with Crippen LogP contribution in [-0.4, -0.2) is 0 Å². The zero-order valence-corrected chi connectivity index (χ0v) is 13.9. The van der Waals surface area contributed by atoms with Crippen LogP contribution in [0.25, 0.3) is 9.40 Å². The second-order valence-corrected chi connectivity index (χ2v) is 7.67. The quantitative estimate of drug-likeness (QED) is 0.446. The van der Waals surface area contributed by atoms with Crippen LogP contribution in [0, 0.1) is 12.7 Å². The summed E-state index contributed by atoms with van der Waals surface area (Å²) in [6, 6.07) is 7.48. The smallest absolute Gasteiger partial charge is 0.127 e. The monoisotopic (exact) mass is 374 g/mol. The van der Waals surface area contributed by atoms with Crippen LogP contribution in [0.1, 0.15) is 20.8 Å². The molecule has 0 bridgehead atoms. The fourth-order valence-electron chi connectivity index (χ4n) is 1.94. The SMILES string of the molecule is Cc1cc(C(Br)c2cc3sccc3s2)c(Cl)cc1F. The highest BCUT2D eigenvalue weighted by molar-refractivity contribution is 9.09. The van der Waals surface area contributed by atoms with Crippen LogP contribution in [0.4, 0.5) is 4.39 Å². The molecule has 0 saturated carbocycles. The molecule has 5 heteroatoms. The van der Waals surface area contributed by atoms with Crippen molar-refractivity contribution in [1.29, 1.82) is 0 Å². The number of hydrogen-bond acceptors (Lipinski definition) is 2. The molecule has 2 aromatic heterocycles. The summed E-state index contributed by atoms with van der Waals surface area (Å²) >= 11 is 13.3. The molecule has 0 nitrogen and oxygen atoms in total. The normalized spacial score (nSPS) is 13.1. The first-order valence-electron chi connectivity index (χ1n) is 5.63. The van der Waals surface area contributed by atoms with E-state index in [1.54, 1.807) is 29.6 Å². The summed E-state index contributed by atoms with van der Waals surface area (Å²) in [5.74, 6) is -0.263. The average molecular weight is 376 g/mol. The minimum atomic E-state index is -0.263. The lowest BCUT2D eigenvalue weighted by atomic mass is 10.1. The Morgan fingerprint density at radius 2 is 2.05 bits per heavy atom. The Morgan fingerprint density at radius 3 is 2.79 bits per heavy atom. The number of halogens is 3. The molecule has 0 fully saturated rings. The Morgan fingerprint density at radius 1 is 1.26 bits per heavy atom. The standard InChI is InChI=1S/C14H9BrClFS2/c1-7-4-8(9(16)5-10(7)17)14(15)13-6-12-11(19-13)2-3-18-12/h2-6,14H,1H3. The molecule has 0 radical (unpaired) electrons. The minimum absolute atomic E-state index is 0.00361. The van der Waals surface area contributed by atoms with Crippen molar-refractivity contribution in [2.75, 3.05) is 0 Å². The maximum absolute atomic E-state index is 13.4. The highest BCUT2D eigenvalue weighted by Crippen LogP contribution is 2.42. The van der Waals surface area contributed by atoms with Crippen LogP contribution >= 0.6 is 50.2 Å². The molecular weight excluding hydrogens is 367 g/mol. The van der Waals surface area contributed by atoms with E-state index in [1.165, 1.54) is 20.3 Å². The zero-order chi connectivity index (χ0) is 13.6. The van der Waals surface area contributed by atoms with E-state index in [-0.39, 0.29) is 10.6 Å². The Kier molecular flexibility index (Phi) is 3.69. The molecule has 0 N–H and O–H groups in total. The third-order valence-electron chi connectivity index (χ3n) is 2.96. The second kappa shape index (κ2) is 5.17. The van der Waals surface area contributed by atoms with Crippen molar-refractivity contribution in [2.45, 2.75) is 11.8 Å². The van der Waals surface area contributed by atoms with Gasteiger partial charge in [-0.25, -0.2) is 4.39 Å². The molecule has 3 rings (SSSR count). The van der Waals surface area contributed by atoms with Crippen LogP contribution in [0.3, 0.4) is 0 Å². The van der Waals surface area contributed by atoms with Gasteiger partial charge in [0.2, 0.25) is 0 Å². The van der Waals surface area contributed by atoms with E-state index in [0.29, 0.717) is 10.6 Å². The molecule has 2 heterocycles. The fraction of sp³-hybridized carbons (Fsp3) is 0.143. The molecule has 98 valence electrons. The predicted molar refractivity (Wildman–Crippen MR) is 86.6 cm³/mol. The number of thiophene rings is 2. The maximum atomic E-state index is 13.4. The van der Waals surface area contributed by atoms with Crippen LogP contribution < -0.4 is 0 Å². The second-order valence-electron chi connectivity index (χ2n) is 4.28. The summed E-state index contributed by atoms with van der Waals surface area (Å²) in [7, 11) is 0. The number of benzene rings is 1. The van der Waals surface area contributed by atoms with Gasteiger partial charge in [0.05, 0.1) is 4.83 Å². The average Bonchev–Trinajstić information content (AvgIpc) is 2.93. The Labute approximate surface area is 132 Å². The molecule has 0 spiro atoms. The van der Waals surface area contributed by atoms with Crippen molar-refractivity contribution in [1.82, 2.24) is 0 Å². The highest BCUT2D eigenvalue weighted by Gasteiger charge is 2.18. The van der Waals surface area contributed by atoms with Crippen molar-refractivity contribution in [3.63, 3.8) is 0 Å². The number of aryl methyl sites for hydroxylation is 1. The first-order valence-corrected chi connectivity index (χ1v) is 8.62. The van der Waals surface area contributed by atoms with Gasteiger partial charge in [0.25, 0.3) is 0 Å². The summed E-state index contributed by atoms with van der Waals surface area (Å²) in [6.07, 6.45) is 0. The fourth-order valence-corrected chi connectivity index (χ4v) is 5.24. The van der Waals surface area contributed by atoms with Gasteiger partial charge in [0.15, 0.2) is 0 Å². The summed E-state index contributed by atoms with van der Waals surface area (Å²) in [4.78, 5) is 1.19. The van der Waals surface area contributed by atoms with E-state index in [0.717, 1.165) is 5.56 Å². The molecule has 1 unspecified atom stereocenters. The van der Waals surface area contributed by atoms with E-state index in [9.17, 15) is 4.39 Å². The summed E-state index contributed by atoms with van der Waals surface area (Å²) in [5.41, 5.74) is 1.52. The predicted octanol–water partition coefficient (Wildman–Crippen LogP) is 6.55. The number of rotatable bonds is 2. The summed E-state index contributed by atoms with van der Waals surface area (Å²) in [6.45, 7) is 1.75. The van der Waals surface area contributed by atoms with Gasteiger partial charge in [-0.1, -0.05) is 33.6 Å². The molecule has 3 aromatic rings. The van der Waals surface area contributed by atoms with Crippen molar-refractivity contribution < 1.29 is 4.39 Å². The van der Waals surface area contributed by atoms with Gasteiger partial charge < -0.3 is 0 Å². The topological polar surface area (TPSA) is 0 Å². The van der Waals surface area contributed by atoms with Crippen molar-refractivity contribution in [2.24, 2.45) is 0 Å². The molecule has 0 saturated heterocycles. The molecular formula is C14H9BrClFS2. The van der Waals surface area contributed by atoms with Gasteiger partial charge in [0.1, 0.15) is 5.82 Å². The van der Waals surface area contributed by atoms with Gasteiger partial charge in [-0.05, 0) is 41.6 Å². The van der Waals surface area contributed by atoms with Crippen LogP contribution in [0.2, 0.25) is 5.02 Å². The molecule has 0 aliphatic rings. The molecule has 0 amide bonds. The van der Waals surface area contributed by atoms with E-state index in [4.69, 9.17) is 11.6 Å². The van der Waals surface area contributed by atoms with Crippen LogP contribution in [-0.2, 0) is 0 Å². The lowest BCUT2D eigenvalue weighted by Crippen LogP contribution is -1.94.